The molecule has 7 heteroatoms. The number of aromatic nitrogens is 1. The average Bonchev–Trinajstić information content (AvgIpc) is 3.21. The number of carbonyl (C=O) groups is 2. The van der Waals surface area contributed by atoms with Gasteiger partial charge in [-0.1, -0.05) is 6.92 Å². The Bertz CT molecular complexity index is 621. The van der Waals surface area contributed by atoms with Gasteiger partial charge in [-0.25, -0.2) is 4.98 Å². The lowest BCUT2D eigenvalue weighted by Gasteiger charge is -2.42. The van der Waals surface area contributed by atoms with Crippen LogP contribution >= 0.6 is 11.3 Å². The van der Waals surface area contributed by atoms with Crippen LogP contribution in [0.1, 0.15) is 53.0 Å². The highest BCUT2D eigenvalue weighted by Gasteiger charge is 2.35. The van der Waals surface area contributed by atoms with Crippen LogP contribution in [0, 0.1) is 12.8 Å². The molecule has 0 unspecified atom stereocenters. The molecule has 0 spiro atoms. The molecule has 2 fully saturated rings. The first kappa shape index (κ1) is 17.4. The number of nitrogens with one attached hydrogen (secondary N) is 1. The molecule has 2 aliphatic rings. The average molecular weight is 351 g/mol. The van der Waals surface area contributed by atoms with Crippen LogP contribution in [0.15, 0.2) is 0 Å². The zero-order valence-electron chi connectivity index (χ0n) is 14.2. The SMILES string of the molecule is CCN(CC(=O)O)C1CC(NC(=O)c2sc(CC3CC3)nc2C)C1. The Kier molecular flexibility index (Phi) is 5.20. The summed E-state index contributed by atoms with van der Waals surface area (Å²) in [6.07, 6.45) is 5.21. The lowest BCUT2D eigenvalue weighted by molar-refractivity contribution is -0.139. The van der Waals surface area contributed by atoms with Crippen LogP contribution in [0.2, 0.25) is 0 Å². The van der Waals surface area contributed by atoms with Crippen molar-refractivity contribution in [1.82, 2.24) is 15.2 Å². The maximum atomic E-state index is 12.5. The lowest BCUT2D eigenvalue weighted by atomic mass is 9.85. The summed E-state index contributed by atoms with van der Waals surface area (Å²) < 4.78 is 0. The highest BCUT2D eigenvalue weighted by Crippen LogP contribution is 2.34. The normalized spacial score (nSPS) is 23.1. The van der Waals surface area contributed by atoms with E-state index in [0.29, 0.717) is 0 Å². The van der Waals surface area contributed by atoms with E-state index in [1.165, 1.54) is 24.2 Å². The van der Waals surface area contributed by atoms with Gasteiger partial charge in [0, 0.05) is 18.5 Å². The van der Waals surface area contributed by atoms with Crippen molar-refractivity contribution in [3.8, 4) is 0 Å². The molecule has 0 aromatic carbocycles. The number of carboxylic acid groups (broad SMARTS) is 1. The number of nitrogens with zero attached hydrogens (tertiary/aromatic N) is 2. The Morgan fingerprint density at radius 1 is 1.38 bits per heavy atom. The molecule has 1 aromatic rings. The molecular formula is C17H25N3O3S. The summed E-state index contributed by atoms with van der Waals surface area (Å²) >= 11 is 1.52. The third-order valence-corrected chi connectivity index (χ3v) is 6.10. The molecular weight excluding hydrogens is 326 g/mol. The summed E-state index contributed by atoms with van der Waals surface area (Å²) in [6, 6.07) is 0.392. The zero-order valence-corrected chi connectivity index (χ0v) is 15.1. The van der Waals surface area contributed by atoms with Crippen molar-refractivity contribution in [3.05, 3.63) is 15.6 Å². The number of thiazole rings is 1. The van der Waals surface area contributed by atoms with Crippen LogP contribution < -0.4 is 5.32 Å². The molecule has 0 aliphatic heterocycles. The standard InChI is InChI=1S/C17H25N3O3S/c1-3-20(9-15(21)22)13-7-12(8-13)19-17(23)16-10(2)18-14(24-16)6-11-4-5-11/h11-13H,3-9H2,1-2H3,(H,19,23)(H,21,22). The van der Waals surface area contributed by atoms with Crippen LogP contribution in [0.25, 0.3) is 0 Å². The monoisotopic (exact) mass is 351 g/mol. The Balaban J connectivity index is 1.49. The summed E-state index contributed by atoms with van der Waals surface area (Å²) in [5, 5.41) is 13.1. The maximum absolute atomic E-state index is 12.5. The molecule has 6 nitrogen and oxygen atoms in total. The molecule has 24 heavy (non-hydrogen) atoms. The first-order chi connectivity index (χ1) is 11.5. The molecule has 2 saturated carbocycles. The van der Waals surface area contributed by atoms with Gasteiger partial charge in [0.2, 0.25) is 0 Å². The van der Waals surface area contributed by atoms with E-state index < -0.39 is 5.97 Å². The molecule has 2 N–H and O–H groups in total. The third-order valence-electron chi connectivity index (χ3n) is 4.92. The first-order valence-electron chi connectivity index (χ1n) is 8.69. The minimum absolute atomic E-state index is 0.0308. The summed E-state index contributed by atoms with van der Waals surface area (Å²) in [5.74, 6) is -0.0577. The molecule has 1 heterocycles. The number of aryl methyl sites for hydroxylation is 1. The van der Waals surface area contributed by atoms with Crippen molar-refractivity contribution in [2.75, 3.05) is 13.1 Å². The molecule has 0 radical (unpaired) electrons. The van der Waals surface area contributed by atoms with Gasteiger partial charge in [0.25, 0.3) is 5.91 Å². The molecule has 1 aromatic heterocycles. The molecule has 0 atom stereocenters. The fourth-order valence-electron chi connectivity index (χ4n) is 3.25. The first-order valence-corrected chi connectivity index (χ1v) is 9.51. The van der Waals surface area contributed by atoms with E-state index in [2.05, 4.69) is 10.3 Å². The molecule has 0 saturated heterocycles. The molecule has 0 bridgehead atoms. The lowest BCUT2D eigenvalue weighted by Crippen LogP contribution is -2.54. The number of hydrogen-bond acceptors (Lipinski definition) is 5. The second-order valence-corrected chi connectivity index (χ2v) is 8.01. The maximum Gasteiger partial charge on any atom is 0.317 e. The molecule has 3 rings (SSSR count). The van der Waals surface area contributed by atoms with Gasteiger partial charge in [0.05, 0.1) is 17.2 Å². The van der Waals surface area contributed by atoms with Crippen LogP contribution in [0.4, 0.5) is 0 Å². The van der Waals surface area contributed by atoms with Gasteiger partial charge in [-0.15, -0.1) is 11.3 Å². The minimum Gasteiger partial charge on any atom is -0.480 e. The number of rotatable bonds is 8. The van der Waals surface area contributed by atoms with Crippen LogP contribution in [-0.2, 0) is 11.2 Å². The van der Waals surface area contributed by atoms with Gasteiger partial charge in [0.1, 0.15) is 4.88 Å². The fourth-order valence-corrected chi connectivity index (χ4v) is 4.33. The van der Waals surface area contributed by atoms with E-state index in [4.69, 9.17) is 5.11 Å². The van der Waals surface area contributed by atoms with E-state index in [-0.39, 0.29) is 24.5 Å². The summed E-state index contributed by atoms with van der Waals surface area (Å²) in [5.41, 5.74) is 0.824. The Hall–Kier alpha value is -1.47. The quantitative estimate of drug-likeness (QED) is 0.749. The summed E-state index contributed by atoms with van der Waals surface area (Å²) in [7, 11) is 0. The van der Waals surface area contributed by atoms with Crippen molar-refractivity contribution in [2.45, 2.75) is 58.0 Å². The minimum atomic E-state index is -0.798. The van der Waals surface area contributed by atoms with Gasteiger partial charge in [-0.2, -0.15) is 0 Å². The number of aliphatic carboxylic acids is 1. The predicted molar refractivity (Wildman–Crippen MR) is 92.4 cm³/mol. The topological polar surface area (TPSA) is 82.5 Å². The highest BCUT2D eigenvalue weighted by atomic mass is 32.1. The highest BCUT2D eigenvalue weighted by molar-refractivity contribution is 7.13. The largest absolute Gasteiger partial charge is 0.480 e. The summed E-state index contributed by atoms with van der Waals surface area (Å²) in [6.45, 7) is 4.66. The number of carbonyl (C=O) groups excluding carboxylic acids is 1. The number of likely N-dealkylation sites (N-methyl/N-ethyl adjacent to an activating group) is 1. The van der Waals surface area contributed by atoms with Gasteiger partial charge in [0.15, 0.2) is 0 Å². The number of amides is 1. The van der Waals surface area contributed by atoms with E-state index >= 15 is 0 Å². The second-order valence-electron chi connectivity index (χ2n) is 6.92. The van der Waals surface area contributed by atoms with Crippen molar-refractivity contribution in [1.29, 1.82) is 0 Å². The summed E-state index contributed by atoms with van der Waals surface area (Å²) in [4.78, 5) is 30.5. The van der Waals surface area contributed by atoms with Crippen LogP contribution in [0.3, 0.4) is 0 Å². The van der Waals surface area contributed by atoms with Gasteiger partial charge in [-0.3, -0.25) is 14.5 Å². The molecule has 2 aliphatic carbocycles. The van der Waals surface area contributed by atoms with Gasteiger partial charge in [-0.05, 0) is 45.1 Å². The van der Waals surface area contributed by atoms with Gasteiger partial charge < -0.3 is 10.4 Å². The smallest absolute Gasteiger partial charge is 0.317 e. The van der Waals surface area contributed by atoms with E-state index in [1.807, 2.05) is 18.7 Å². The van der Waals surface area contributed by atoms with Crippen molar-refractivity contribution in [2.24, 2.45) is 5.92 Å². The third kappa shape index (κ3) is 4.13. The number of hydrogen-bond donors (Lipinski definition) is 2. The predicted octanol–water partition coefficient (Wildman–Crippen LogP) is 2.07. The Morgan fingerprint density at radius 2 is 2.08 bits per heavy atom. The van der Waals surface area contributed by atoms with E-state index in [9.17, 15) is 9.59 Å². The van der Waals surface area contributed by atoms with Crippen LogP contribution in [-0.4, -0.2) is 52.0 Å². The van der Waals surface area contributed by atoms with Gasteiger partial charge >= 0.3 is 5.97 Å². The Labute approximate surface area is 146 Å². The van der Waals surface area contributed by atoms with Crippen molar-refractivity contribution >= 4 is 23.2 Å². The van der Waals surface area contributed by atoms with E-state index in [1.54, 1.807) is 0 Å². The van der Waals surface area contributed by atoms with Crippen molar-refractivity contribution in [3.63, 3.8) is 0 Å². The molecule has 132 valence electrons. The Morgan fingerprint density at radius 3 is 2.67 bits per heavy atom. The number of carboxylic acids is 1. The molecule has 1 amide bonds. The van der Waals surface area contributed by atoms with Crippen molar-refractivity contribution < 1.29 is 14.7 Å². The fraction of sp³-hybridized carbons (Fsp3) is 0.706. The van der Waals surface area contributed by atoms with E-state index in [0.717, 1.165) is 47.3 Å². The van der Waals surface area contributed by atoms with Crippen LogP contribution in [0.5, 0.6) is 0 Å². The second kappa shape index (κ2) is 7.19. The zero-order chi connectivity index (χ0) is 17.3.